The Bertz CT molecular complexity index is 848. The first kappa shape index (κ1) is 20.0. The van der Waals surface area contributed by atoms with Gasteiger partial charge in [0.1, 0.15) is 6.54 Å². The van der Waals surface area contributed by atoms with Crippen LogP contribution in [-0.4, -0.2) is 42.1 Å². The fourth-order valence-corrected chi connectivity index (χ4v) is 2.40. The van der Waals surface area contributed by atoms with Crippen LogP contribution in [0.5, 0.6) is 17.2 Å². The third kappa shape index (κ3) is 5.30. The highest BCUT2D eigenvalue weighted by atomic mass is 16.6. The zero-order valence-corrected chi connectivity index (χ0v) is 15.9. The zero-order valence-electron chi connectivity index (χ0n) is 15.9. The van der Waals surface area contributed by atoms with Crippen LogP contribution >= 0.6 is 0 Å². The van der Waals surface area contributed by atoms with Crippen LogP contribution in [0.4, 0.5) is 0 Å². The van der Waals surface area contributed by atoms with E-state index in [0.717, 1.165) is 11.4 Å². The lowest BCUT2D eigenvalue weighted by Gasteiger charge is -2.13. The number of nitrogens with one attached hydrogen (secondary N) is 1. The van der Waals surface area contributed by atoms with Crippen LogP contribution in [0.1, 0.15) is 23.9 Å². The monoisotopic (exact) mass is 374 g/mol. The molecule has 1 heterocycles. The van der Waals surface area contributed by atoms with E-state index in [-0.39, 0.29) is 18.2 Å². The molecule has 1 aromatic heterocycles. The maximum atomic E-state index is 12.0. The molecule has 0 aliphatic carbocycles. The van der Waals surface area contributed by atoms with Crippen molar-refractivity contribution in [2.75, 3.05) is 14.2 Å². The predicted octanol–water partition coefficient (Wildman–Crippen LogP) is 1.59. The van der Waals surface area contributed by atoms with Crippen LogP contribution in [0, 0.1) is 13.8 Å². The van der Waals surface area contributed by atoms with Crippen LogP contribution in [0.3, 0.4) is 0 Å². The van der Waals surface area contributed by atoms with E-state index >= 15 is 0 Å². The molecule has 27 heavy (non-hydrogen) atoms. The van der Waals surface area contributed by atoms with Gasteiger partial charge in [-0.3, -0.25) is 14.3 Å². The van der Waals surface area contributed by atoms with Crippen LogP contribution < -0.4 is 19.6 Å². The van der Waals surface area contributed by atoms with Gasteiger partial charge in [0, 0.05) is 18.2 Å². The van der Waals surface area contributed by atoms with Crippen LogP contribution in [0.2, 0.25) is 0 Å². The molecule has 0 bridgehead atoms. The maximum Gasteiger partial charge on any atom is 0.308 e. The van der Waals surface area contributed by atoms with E-state index in [9.17, 15) is 9.59 Å². The molecule has 144 valence electrons. The minimum atomic E-state index is -0.496. The van der Waals surface area contributed by atoms with Gasteiger partial charge < -0.3 is 14.2 Å². The van der Waals surface area contributed by atoms with Crippen molar-refractivity contribution in [1.29, 1.82) is 0 Å². The summed E-state index contributed by atoms with van der Waals surface area (Å²) in [6, 6.07) is 5.11. The molecule has 9 heteroatoms. The summed E-state index contributed by atoms with van der Waals surface area (Å²) in [5.74, 6) is -0.0181. The molecule has 0 spiro atoms. The van der Waals surface area contributed by atoms with E-state index in [4.69, 9.17) is 14.2 Å². The largest absolute Gasteiger partial charge is 0.493 e. The van der Waals surface area contributed by atoms with Gasteiger partial charge in [0.25, 0.3) is 5.91 Å². The van der Waals surface area contributed by atoms with Gasteiger partial charge in [0.2, 0.25) is 5.75 Å². The Kier molecular flexibility index (Phi) is 6.53. The molecule has 0 fully saturated rings. The highest BCUT2D eigenvalue weighted by molar-refractivity contribution is 5.85. The summed E-state index contributed by atoms with van der Waals surface area (Å²) in [6.07, 6.45) is 1.43. The Morgan fingerprint density at radius 2 is 1.81 bits per heavy atom. The maximum absolute atomic E-state index is 12.0. The smallest absolute Gasteiger partial charge is 0.308 e. The quantitative estimate of drug-likeness (QED) is 0.342. The summed E-state index contributed by atoms with van der Waals surface area (Å²) in [4.78, 5) is 23.2. The minimum absolute atomic E-state index is 0.0645. The Labute approximate surface area is 156 Å². The Balaban J connectivity index is 2.10. The normalized spacial score (nSPS) is 10.7. The minimum Gasteiger partial charge on any atom is -0.493 e. The lowest BCUT2D eigenvalue weighted by molar-refractivity contribution is -0.132. The first-order chi connectivity index (χ1) is 12.8. The summed E-state index contributed by atoms with van der Waals surface area (Å²) in [5.41, 5.74) is 4.76. The number of ether oxygens (including phenoxy) is 3. The van der Waals surface area contributed by atoms with E-state index in [1.807, 2.05) is 19.9 Å². The SMILES string of the molecule is COc1cc(/C=N/NC(=O)Cn2nc(C)cc2C)cc(OC)c1OC(C)=O. The van der Waals surface area contributed by atoms with E-state index in [2.05, 4.69) is 15.6 Å². The molecule has 1 aromatic carbocycles. The second kappa shape index (κ2) is 8.84. The van der Waals surface area contributed by atoms with Gasteiger partial charge in [-0.15, -0.1) is 0 Å². The van der Waals surface area contributed by atoms with Crippen molar-refractivity contribution in [3.8, 4) is 17.2 Å². The van der Waals surface area contributed by atoms with Crippen molar-refractivity contribution in [2.24, 2.45) is 5.10 Å². The number of amides is 1. The molecule has 0 aliphatic heterocycles. The molecule has 2 aromatic rings. The first-order valence-electron chi connectivity index (χ1n) is 8.11. The highest BCUT2D eigenvalue weighted by Crippen LogP contribution is 2.38. The molecule has 0 unspecified atom stereocenters. The van der Waals surface area contributed by atoms with E-state index < -0.39 is 5.97 Å². The van der Waals surface area contributed by atoms with Crippen molar-refractivity contribution in [3.05, 3.63) is 35.2 Å². The number of aryl methyl sites for hydroxylation is 2. The van der Waals surface area contributed by atoms with Crippen molar-refractivity contribution < 1.29 is 23.8 Å². The summed E-state index contributed by atoms with van der Waals surface area (Å²) in [5, 5.41) is 8.16. The second-order valence-corrected chi connectivity index (χ2v) is 5.73. The van der Waals surface area contributed by atoms with E-state index in [0.29, 0.717) is 17.1 Å². The standard InChI is InChI=1S/C18H22N4O5/c1-11-6-12(2)22(21-11)10-17(24)20-19-9-14-7-15(25-4)18(27-13(3)23)16(8-14)26-5/h6-9H,10H2,1-5H3,(H,20,24)/b19-9+. The fourth-order valence-electron chi connectivity index (χ4n) is 2.40. The Morgan fingerprint density at radius 1 is 1.19 bits per heavy atom. The lowest BCUT2D eigenvalue weighted by atomic mass is 10.2. The van der Waals surface area contributed by atoms with Crippen molar-refractivity contribution >= 4 is 18.1 Å². The number of hydrogen-bond acceptors (Lipinski definition) is 7. The van der Waals surface area contributed by atoms with Crippen molar-refractivity contribution in [2.45, 2.75) is 27.3 Å². The van der Waals surface area contributed by atoms with Crippen LogP contribution in [0.15, 0.2) is 23.3 Å². The number of hydrazone groups is 1. The van der Waals surface area contributed by atoms with Gasteiger partial charge in [-0.1, -0.05) is 0 Å². The third-order valence-corrected chi connectivity index (χ3v) is 3.53. The molecule has 0 saturated heterocycles. The molecular formula is C18H22N4O5. The molecular weight excluding hydrogens is 352 g/mol. The van der Waals surface area contributed by atoms with Crippen LogP contribution in [-0.2, 0) is 16.1 Å². The summed E-state index contributed by atoms with van der Waals surface area (Å²) in [6.45, 7) is 5.08. The molecule has 0 saturated carbocycles. The Hall–Kier alpha value is -3.36. The third-order valence-electron chi connectivity index (χ3n) is 3.53. The number of carbonyl (C=O) groups is 2. The predicted molar refractivity (Wildman–Crippen MR) is 98.3 cm³/mol. The van der Waals surface area contributed by atoms with Gasteiger partial charge in [-0.2, -0.15) is 10.2 Å². The van der Waals surface area contributed by atoms with Crippen molar-refractivity contribution in [1.82, 2.24) is 15.2 Å². The van der Waals surface area contributed by atoms with E-state index in [1.54, 1.807) is 16.8 Å². The summed E-state index contributed by atoms with van der Waals surface area (Å²) < 4.78 is 17.2. The average molecular weight is 374 g/mol. The number of nitrogens with zero attached hydrogens (tertiary/aromatic N) is 3. The molecule has 0 atom stereocenters. The van der Waals surface area contributed by atoms with Gasteiger partial charge >= 0.3 is 5.97 Å². The second-order valence-electron chi connectivity index (χ2n) is 5.73. The molecule has 0 aliphatic rings. The molecule has 0 radical (unpaired) electrons. The van der Waals surface area contributed by atoms with Gasteiger partial charge in [0.15, 0.2) is 11.5 Å². The van der Waals surface area contributed by atoms with E-state index in [1.165, 1.54) is 27.4 Å². The average Bonchev–Trinajstić information content (AvgIpc) is 2.92. The zero-order chi connectivity index (χ0) is 20.0. The topological polar surface area (TPSA) is 104 Å². The van der Waals surface area contributed by atoms with Gasteiger partial charge in [0.05, 0.1) is 26.1 Å². The number of carbonyl (C=O) groups excluding carboxylic acids is 2. The summed E-state index contributed by atoms with van der Waals surface area (Å²) >= 11 is 0. The number of aromatic nitrogens is 2. The number of esters is 1. The number of benzene rings is 1. The van der Waals surface area contributed by atoms with Gasteiger partial charge in [-0.05, 0) is 32.0 Å². The number of methoxy groups -OCH3 is 2. The lowest BCUT2D eigenvalue weighted by Crippen LogP contribution is -2.24. The molecule has 1 N–H and O–H groups in total. The highest BCUT2D eigenvalue weighted by Gasteiger charge is 2.15. The first-order valence-corrected chi connectivity index (χ1v) is 8.11. The molecule has 1 amide bonds. The fraction of sp³-hybridized carbons (Fsp3) is 0.333. The molecule has 9 nitrogen and oxygen atoms in total. The Morgan fingerprint density at radius 3 is 2.30 bits per heavy atom. The van der Waals surface area contributed by atoms with Crippen LogP contribution in [0.25, 0.3) is 0 Å². The van der Waals surface area contributed by atoms with Crippen molar-refractivity contribution in [3.63, 3.8) is 0 Å². The number of rotatable bonds is 7. The van der Waals surface area contributed by atoms with Gasteiger partial charge in [-0.25, -0.2) is 5.43 Å². The summed E-state index contributed by atoms with van der Waals surface area (Å²) in [7, 11) is 2.89. The number of hydrogen-bond donors (Lipinski definition) is 1. The molecule has 2 rings (SSSR count).